The molecule has 6 rings (SSSR count). The number of rotatable bonds is 4. The fraction of sp³-hybridized carbons (Fsp3) is 0.429. The summed E-state index contributed by atoms with van der Waals surface area (Å²) in [5.74, 6) is -0.366. The van der Waals surface area contributed by atoms with Crippen molar-refractivity contribution in [2.75, 3.05) is 13.2 Å². The monoisotopic (exact) mass is 475 g/mol. The average molecular weight is 476 g/mol. The van der Waals surface area contributed by atoms with Crippen LogP contribution in [0.15, 0.2) is 42.6 Å². The number of hydrogen-bond donors (Lipinski definition) is 2. The highest BCUT2D eigenvalue weighted by Crippen LogP contribution is 2.49. The Morgan fingerprint density at radius 1 is 1.11 bits per heavy atom. The predicted molar refractivity (Wildman–Crippen MR) is 133 cm³/mol. The van der Waals surface area contributed by atoms with Crippen LogP contribution in [0, 0.1) is 11.2 Å². The van der Waals surface area contributed by atoms with Crippen LogP contribution in [0.2, 0.25) is 0 Å². The van der Waals surface area contributed by atoms with Crippen molar-refractivity contribution in [3.8, 4) is 5.69 Å². The van der Waals surface area contributed by atoms with Gasteiger partial charge in [-0.1, -0.05) is 0 Å². The van der Waals surface area contributed by atoms with Gasteiger partial charge in [-0.05, 0) is 93.3 Å². The first-order valence-electron chi connectivity index (χ1n) is 12.5. The number of carbonyl (C=O) groups is 1. The Morgan fingerprint density at radius 2 is 1.83 bits per heavy atom. The number of H-pyrrole nitrogens is 1. The van der Waals surface area contributed by atoms with Crippen LogP contribution in [0.5, 0.6) is 0 Å². The summed E-state index contributed by atoms with van der Waals surface area (Å²) in [4.78, 5) is 11.9. The first-order valence-corrected chi connectivity index (χ1v) is 12.5. The fourth-order valence-electron chi connectivity index (χ4n) is 6.20. The summed E-state index contributed by atoms with van der Waals surface area (Å²) in [5.41, 5.74) is 4.95. The first-order chi connectivity index (χ1) is 16.9. The van der Waals surface area contributed by atoms with Gasteiger partial charge in [-0.15, -0.1) is 0 Å². The lowest BCUT2D eigenvalue weighted by Gasteiger charge is -2.35. The highest BCUT2D eigenvalue weighted by atomic mass is 19.1. The van der Waals surface area contributed by atoms with E-state index in [-0.39, 0.29) is 11.7 Å². The molecule has 1 saturated heterocycles. The van der Waals surface area contributed by atoms with Crippen LogP contribution in [0.25, 0.3) is 27.5 Å². The lowest BCUT2D eigenvalue weighted by molar-refractivity contribution is -0.149. The molecule has 2 fully saturated rings. The molecular weight excluding hydrogens is 445 g/mol. The van der Waals surface area contributed by atoms with E-state index < -0.39 is 11.4 Å². The SMILES string of the molecule is CC1(C(=O)O)CCC(c2c(C3CCOCC3)n(-c3ccc(F)cc3)c3cc4cn[nH]c4cc23)CC1. The zero-order valence-corrected chi connectivity index (χ0v) is 19.9. The Bertz CT molecular complexity index is 1390. The number of carboxylic acids is 1. The summed E-state index contributed by atoms with van der Waals surface area (Å²) in [5, 5.41) is 19.4. The number of ether oxygens (including phenoxy) is 1. The molecule has 2 aromatic heterocycles. The van der Waals surface area contributed by atoms with Crippen molar-refractivity contribution in [1.82, 2.24) is 14.8 Å². The Kier molecular flexibility index (Phi) is 5.40. The van der Waals surface area contributed by atoms with E-state index in [1.165, 1.54) is 28.8 Å². The van der Waals surface area contributed by atoms with Crippen LogP contribution in [-0.2, 0) is 9.53 Å². The Hall–Kier alpha value is -3.19. The molecule has 3 heterocycles. The largest absolute Gasteiger partial charge is 0.481 e. The molecule has 2 aliphatic rings. The lowest BCUT2D eigenvalue weighted by atomic mass is 9.69. The van der Waals surface area contributed by atoms with Crippen molar-refractivity contribution in [3.63, 3.8) is 0 Å². The van der Waals surface area contributed by atoms with Crippen LogP contribution >= 0.6 is 0 Å². The molecule has 4 aromatic rings. The zero-order chi connectivity index (χ0) is 24.2. The van der Waals surface area contributed by atoms with Crippen LogP contribution in [0.4, 0.5) is 4.39 Å². The molecule has 1 aliphatic carbocycles. The zero-order valence-electron chi connectivity index (χ0n) is 19.9. The summed E-state index contributed by atoms with van der Waals surface area (Å²) >= 11 is 0. The van der Waals surface area contributed by atoms with Gasteiger partial charge in [0.05, 0.1) is 22.6 Å². The van der Waals surface area contributed by atoms with Crippen molar-refractivity contribution in [3.05, 3.63) is 59.7 Å². The summed E-state index contributed by atoms with van der Waals surface area (Å²) in [6.45, 7) is 3.32. The number of benzene rings is 2. The summed E-state index contributed by atoms with van der Waals surface area (Å²) in [7, 11) is 0. The molecule has 0 spiro atoms. The van der Waals surface area contributed by atoms with Crippen LogP contribution < -0.4 is 0 Å². The van der Waals surface area contributed by atoms with E-state index in [2.05, 4.69) is 26.9 Å². The van der Waals surface area contributed by atoms with E-state index >= 15 is 0 Å². The summed E-state index contributed by atoms with van der Waals surface area (Å²) in [6, 6.07) is 11.1. The molecule has 7 heteroatoms. The quantitative estimate of drug-likeness (QED) is 0.364. The van der Waals surface area contributed by atoms with Crippen LogP contribution in [-0.4, -0.2) is 39.1 Å². The summed E-state index contributed by atoms with van der Waals surface area (Å²) in [6.07, 6.45) is 6.70. The van der Waals surface area contributed by atoms with Gasteiger partial charge in [0.1, 0.15) is 5.82 Å². The standard InChI is InChI=1S/C28H30FN3O3/c1-28(27(33)34)10-6-17(7-11-28)25-22-15-23-19(16-30-31-23)14-24(22)32(21-4-2-20(29)3-5-21)26(25)18-8-12-35-13-9-18/h2-5,14-18H,6-13H2,1H3,(H,30,31)(H,33,34). The van der Waals surface area contributed by atoms with Gasteiger partial charge in [0, 0.05) is 41.3 Å². The number of aliphatic carboxylic acids is 1. The topological polar surface area (TPSA) is 80.1 Å². The van der Waals surface area contributed by atoms with E-state index in [0.717, 1.165) is 61.0 Å². The van der Waals surface area contributed by atoms with Gasteiger partial charge >= 0.3 is 5.97 Å². The van der Waals surface area contributed by atoms with Crippen LogP contribution in [0.1, 0.15) is 68.5 Å². The molecule has 2 N–H and O–H groups in total. The van der Waals surface area contributed by atoms with E-state index in [1.807, 2.05) is 25.3 Å². The molecule has 35 heavy (non-hydrogen) atoms. The van der Waals surface area contributed by atoms with Gasteiger partial charge in [0.2, 0.25) is 0 Å². The molecule has 0 amide bonds. The predicted octanol–water partition coefficient (Wildman–Crippen LogP) is 6.29. The maximum atomic E-state index is 13.9. The fourth-order valence-corrected chi connectivity index (χ4v) is 6.20. The van der Waals surface area contributed by atoms with Crippen molar-refractivity contribution in [2.45, 2.75) is 57.3 Å². The van der Waals surface area contributed by atoms with Gasteiger partial charge in [-0.3, -0.25) is 9.89 Å². The van der Waals surface area contributed by atoms with Crippen molar-refractivity contribution >= 4 is 27.8 Å². The number of hydrogen-bond acceptors (Lipinski definition) is 3. The van der Waals surface area contributed by atoms with Crippen LogP contribution in [0.3, 0.4) is 0 Å². The van der Waals surface area contributed by atoms with E-state index in [1.54, 1.807) is 0 Å². The minimum absolute atomic E-state index is 0.254. The number of aromatic nitrogens is 3. The van der Waals surface area contributed by atoms with E-state index in [4.69, 9.17) is 4.74 Å². The molecule has 1 aliphatic heterocycles. The average Bonchev–Trinajstić information content (AvgIpc) is 3.46. The Labute approximate surface area is 203 Å². The molecule has 182 valence electrons. The third-order valence-electron chi connectivity index (χ3n) is 8.31. The van der Waals surface area contributed by atoms with Gasteiger partial charge in [0.15, 0.2) is 0 Å². The molecule has 1 saturated carbocycles. The van der Waals surface area contributed by atoms with E-state index in [9.17, 15) is 14.3 Å². The number of nitrogens with one attached hydrogen (secondary N) is 1. The second kappa shape index (κ2) is 8.48. The summed E-state index contributed by atoms with van der Waals surface area (Å²) < 4.78 is 21.9. The minimum atomic E-state index is -0.700. The Morgan fingerprint density at radius 3 is 2.51 bits per heavy atom. The highest BCUT2D eigenvalue weighted by molar-refractivity contribution is 5.99. The second-order valence-corrected chi connectivity index (χ2v) is 10.5. The molecule has 0 radical (unpaired) electrons. The molecule has 0 atom stereocenters. The Balaban J connectivity index is 1.60. The highest BCUT2D eigenvalue weighted by Gasteiger charge is 2.40. The third-order valence-corrected chi connectivity index (χ3v) is 8.31. The van der Waals surface area contributed by atoms with Gasteiger partial charge in [-0.25, -0.2) is 4.39 Å². The van der Waals surface area contributed by atoms with Crippen molar-refractivity contribution in [1.29, 1.82) is 0 Å². The molecule has 6 nitrogen and oxygen atoms in total. The minimum Gasteiger partial charge on any atom is -0.481 e. The first kappa shape index (κ1) is 22.3. The molecule has 2 aromatic carbocycles. The van der Waals surface area contributed by atoms with Gasteiger partial charge in [-0.2, -0.15) is 5.10 Å². The number of halogens is 1. The molecular formula is C28H30FN3O3. The maximum absolute atomic E-state index is 13.9. The molecule has 0 bridgehead atoms. The molecule has 0 unspecified atom stereocenters. The maximum Gasteiger partial charge on any atom is 0.309 e. The smallest absolute Gasteiger partial charge is 0.309 e. The van der Waals surface area contributed by atoms with Gasteiger partial charge < -0.3 is 14.4 Å². The number of nitrogens with zero attached hydrogens (tertiary/aromatic N) is 2. The van der Waals surface area contributed by atoms with Crippen molar-refractivity contribution < 1.29 is 19.0 Å². The number of carboxylic acid groups (broad SMARTS) is 1. The number of fused-ring (bicyclic) bond motifs is 2. The van der Waals surface area contributed by atoms with E-state index in [0.29, 0.717) is 18.8 Å². The van der Waals surface area contributed by atoms with Gasteiger partial charge in [0.25, 0.3) is 0 Å². The number of aromatic amines is 1. The van der Waals surface area contributed by atoms with Crippen molar-refractivity contribution in [2.24, 2.45) is 5.41 Å². The lowest BCUT2D eigenvalue weighted by Crippen LogP contribution is -2.32. The third kappa shape index (κ3) is 3.73. The normalized spacial score (nSPS) is 23.8. The second-order valence-electron chi connectivity index (χ2n) is 10.5.